The van der Waals surface area contributed by atoms with Crippen LogP contribution in [0, 0.1) is 0 Å². The number of ether oxygens (including phenoxy) is 4. The van der Waals surface area contributed by atoms with Gasteiger partial charge in [-0.3, -0.25) is 9.88 Å². The lowest BCUT2D eigenvalue weighted by molar-refractivity contribution is -0.140. The summed E-state index contributed by atoms with van der Waals surface area (Å²) in [5.41, 5.74) is -0.756. The second-order valence-corrected chi connectivity index (χ2v) is 7.49. The predicted molar refractivity (Wildman–Crippen MR) is 114 cm³/mol. The van der Waals surface area contributed by atoms with Crippen LogP contribution in [0.4, 0.5) is 19.4 Å². The second-order valence-electron chi connectivity index (χ2n) is 7.49. The molecule has 1 amide bonds. The van der Waals surface area contributed by atoms with E-state index in [-0.39, 0.29) is 12.4 Å². The number of benzene rings is 1. The van der Waals surface area contributed by atoms with Gasteiger partial charge in [-0.25, -0.2) is 9.59 Å². The summed E-state index contributed by atoms with van der Waals surface area (Å²) in [6.07, 6.45) is -6.14. The lowest BCUT2D eigenvalue weighted by atomic mass is 10.1. The average Bonchev–Trinajstić information content (AvgIpc) is 3.35. The second kappa shape index (κ2) is 9.48. The van der Waals surface area contributed by atoms with E-state index in [0.29, 0.717) is 32.8 Å². The van der Waals surface area contributed by atoms with E-state index in [2.05, 4.69) is 10.3 Å². The molecule has 0 radical (unpaired) electrons. The maximum atomic E-state index is 14.3. The first-order valence-corrected chi connectivity index (χ1v) is 10.2. The number of aliphatic hydroxyl groups is 2. The minimum absolute atomic E-state index is 0.271. The highest BCUT2D eigenvalue weighted by Gasteiger charge is 2.59. The number of fused-ring (bicyclic) bond motifs is 1. The summed E-state index contributed by atoms with van der Waals surface area (Å²) in [6, 6.07) is 6.04. The number of methoxy groups -OCH3 is 2. The van der Waals surface area contributed by atoms with Crippen LogP contribution in [0.2, 0.25) is 0 Å². The molecule has 0 aliphatic carbocycles. The molecular formula is C21H21F2N3O9. The van der Waals surface area contributed by atoms with Crippen LogP contribution in [0.3, 0.4) is 0 Å². The SMILES string of the molecule is COc1cc(OC)c2oc(COC(=O)Nc3ccn([C@@H]4OC(CO)[C@@H](O)C4(F)F)c(=O)n3)cc2c1. The number of aliphatic hydroxyl groups excluding tert-OH is 2. The minimum Gasteiger partial charge on any atom is -0.497 e. The van der Waals surface area contributed by atoms with Crippen molar-refractivity contribution < 1.29 is 47.2 Å². The van der Waals surface area contributed by atoms with Crippen molar-refractivity contribution in [1.82, 2.24) is 9.55 Å². The number of nitrogens with one attached hydrogen (secondary N) is 1. The van der Waals surface area contributed by atoms with E-state index in [9.17, 15) is 23.5 Å². The molecule has 4 rings (SSSR count). The van der Waals surface area contributed by atoms with Gasteiger partial charge in [0, 0.05) is 17.6 Å². The highest BCUT2D eigenvalue weighted by Crippen LogP contribution is 2.42. The fourth-order valence-electron chi connectivity index (χ4n) is 3.55. The van der Waals surface area contributed by atoms with Crippen LogP contribution >= 0.6 is 0 Å². The Balaban J connectivity index is 1.42. The van der Waals surface area contributed by atoms with E-state index in [0.717, 1.165) is 12.3 Å². The van der Waals surface area contributed by atoms with Gasteiger partial charge < -0.3 is 33.6 Å². The van der Waals surface area contributed by atoms with E-state index < -0.39 is 42.7 Å². The normalized spacial score (nSPS) is 21.1. The molecule has 0 saturated carbocycles. The van der Waals surface area contributed by atoms with Gasteiger partial charge in [0.1, 0.15) is 23.4 Å². The minimum atomic E-state index is -3.86. The maximum Gasteiger partial charge on any atom is 0.413 e. The summed E-state index contributed by atoms with van der Waals surface area (Å²) in [5, 5.41) is 21.5. The van der Waals surface area contributed by atoms with Crippen LogP contribution in [0.5, 0.6) is 11.5 Å². The topological polar surface area (TPSA) is 155 Å². The molecule has 0 bridgehead atoms. The van der Waals surface area contributed by atoms with Crippen LogP contribution in [-0.4, -0.2) is 64.8 Å². The number of alkyl halides is 2. The number of hydrogen-bond acceptors (Lipinski definition) is 10. The Hall–Kier alpha value is -3.75. The number of amides is 1. The highest BCUT2D eigenvalue weighted by atomic mass is 19.3. The summed E-state index contributed by atoms with van der Waals surface area (Å²) in [7, 11) is 2.97. The average molecular weight is 497 g/mol. The Morgan fingerprint density at radius 1 is 1.29 bits per heavy atom. The molecule has 2 aromatic heterocycles. The zero-order chi connectivity index (χ0) is 25.3. The number of rotatable bonds is 7. The maximum absolute atomic E-state index is 14.3. The van der Waals surface area contributed by atoms with E-state index in [1.165, 1.54) is 14.2 Å². The van der Waals surface area contributed by atoms with Crippen molar-refractivity contribution in [3.05, 3.63) is 46.7 Å². The quantitative estimate of drug-likeness (QED) is 0.439. The van der Waals surface area contributed by atoms with Crippen molar-refractivity contribution in [2.75, 3.05) is 26.1 Å². The van der Waals surface area contributed by atoms with Crippen molar-refractivity contribution in [1.29, 1.82) is 0 Å². The molecule has 14 heteroatoms. The molecule has 3 aromatic rings. The first kappa shape index (κ1) is 24.4. The van der Waals surface area contributed by atoms with Crippen LogP contribution in [0.1, 0.15) is 12.0 Å². The molecule has 1 fully saturated rings. The Morgan fingerprint density at radius 2 is 2.06 bits per heavy atom. The molecule has 12 nitrogen and oxygen atoms in total. The lowest BCUT2D eigenvalue weighted by Crippen LogP contribution is -2.41. The third-order valence-electron chi connectivity index (χ3n) is 5.28. The standard InChI is InChI=1S/C21H21F2N3O9/c1-31-11-5-10-6-12(34-16(10)13(7-11)32-2)9-33-20(30)25-15-3-4-26(19(29)24-15)18-21(22,23)17(28)14(8-27)35-18/h3-7,14,17-18,27-28H,8-9H2,1-2H3,(H,24,25,29,30)/t14?,17-,18-/m1/s1. The van der Waals surface area contributed by atoms with Crippen LogP contribution < -0.4 is 20.5 Å². The summed E-state index contributed by atoms with van der Waals surface area (Å²) >= 11 is 0. The highest BCUT2D eigenvalue weighted by molar-refractivity contribution is 5.86. The number of nitrogens with zero attached hydrogens (tertiary/aromatic N) is 2. The third kappa shape index (κ3) is 4.62. The van der Waals surface area contributed by atoms with E-state index >= 15 is 0 Å². The van der Waals surface area contributed by atoms with Crippen LogP contribution in [0.25, 0.3) is 11.0 Å². The number of aromatic nitrogens is 2. The van der Waals surface area contributed by atoms with Crippen molar-refractivity contribution in [3.63, 3.8) is 0 Å². The zero-order valence-corrected chi connectivity index (χ0v) is 18.4. The van der Waals surface area contributed by atoms with Gasteiger partial charge in [0.2, 0.25) is 6.23 Å². The fraction of sp³-hybridized carbons (Fsp3) is 0.381. The summed E-state index contributed by atoms with van der Waals surface area (Å²) in [4.78, 5) is 27.9. The molecule has 1 aromatic carbocycles. The zero-order valence-electron chi connectivity index (χ0n) is 18.4. The molecular weight excluding hydrogens is 476 g/mol. The van der Waals surface area contributed by atoms with Crippen LogP contribution in [0.15, 0.2) is 39.7 Å². The fourth-order valence-corrected chi connectivity index (χ4v) is 3.55. The van der Waals surface area contributed by atoms with Gasteiger partial charge in [-0.15, -0.1) is 0 Å². The van der Waals surface area contributed by atoms with E-state index in [1.54, 1.807) is 18.2 Å². The molecule has 3 N–H and O–H groups in total. The van der Waals surface area contributed by atoms with Gasteiger partial charge in [-0.1, -0.05) is 0 Å². The first-order chi connectivity index (χ1) is 16.7. The molecule has 3 atom stereocenters. The molecule has 1 aliphatic rings. The number of hydrogen-bond donors (Lipinski definition) is 3. The number of anilines is 1. The molecule has 1 aliphatic heterocycles. The largest absolute Gasteiger partial charge is 0.497 e. The Labute approximate surface area is 195 Å². The Bertz CT molecular complexity index is 1290. The molecule has 35 heavy (non-hydrogen) atoms. The van der Waals surface area contributed by atoms with Crippen molar-refractivity contribution in [2.45, 2.75) is 31.0 Å². The van der Waals surface area contributed by atoms with Crippen molar-refractivity contribution in [2.24, 2.45) is 0 Å². The summed E-state index contributed by atoms with van der Waals surface area (Å²) < 4.78 is 55.0. The van der Waals surface area contributed by atoms with Crippen molar-refractivity contribution >= 4 is 22.9 Å². The summed E-state index contributed by atoms with van der Waals surface area (Å²) in [6.45, 7) is -1.14. The number of halogens is 2. The molecule has 0 spiro atoms. The molecule has 3 heterocycles. The van der Waals surface area contributed by atoms with Gasteiger partial charge in [0.05, 0.1) is 20.8 Å². The van der Waals surface area contributed by atoms with Gasteiger partial charge >= 0.3 is 17.7 Å². The predicted octanol–water partition coefficient (Wildman–Crippen LogP) is 1.64. The Morgan fingerprint density at radius 3 is 2.69 bits per heavy atom. The number of carbonyl (C=O) groups is 1. The van der Waals surface area contributed by atoms with Gasteiger partial charge in [-0.05, 0) is 18.2 Å². The summed E-state index contributed by atoms with van der Waals surface area (Å²) in [5.74, 6) is -2.86. The van der Waals surface area contributed by atoms with Crippen LogP contribution in [-0.2, 0) is 16.1 Å². The first-order valence-electron chi connectivity index (χ1n) is 10.2. The molecule has 1 saturated heterocycles. The monoisotopic (exact) mass is 497 g/mol. The molecule has 188 valence electrons. The number of furan rings is 1. The van der Waals surface area contributed by atoms with E-state index in [4.69, 9.17) is 28.5 Å². The molecule has 1 unspecified atom stereocenters. The van der Waals surface area contributed by atoms with Crippen molar-refractivity contribution in [3.8, 4) is 11.5 Å². The van der Waals surface area contributed by atoms with Gasteiger partial charge in [0.15, 0.2) is 24.0 Å². The van der Waals surface area contributed by atoms with Gasteiger partial charge in [-0.2, -0.15) is 13.8 Å². The van der Waals surface area contributed by atoms with Gasteiger partial charge in [0.25, 0.3) is 0 Å². The third-order valence-corrected chi connectivity index (χ3v) is 5.28. The van der Waals surface area contributed by atoms with E-state index in [1.807, 2.05) is 0 Å². The lowest BCUT2D eigenvalue weighted by Gasteiger charge is -2.21. The Kier molecular flexibility index (Phi) is 6.60. The smallest absolute Gasteiger partial charge is 0.413 e. The number of carbonyl (C=O) groups excluding carboxylic acids is 1.